The molecule has 1 amide bonds. The van der Waals surface area contributed by atoms with Crippen LogP contribution in [0.15, 0.2) is 0 Å². The van der Waals surface area contributed by atoms with Crippen molar-refractivity contribution in [3.8, 4) is 0 Å². The van der Waals surface area contributed by atoms with Gasteiger partial charge in [0.1, 0.15) is 0 Å². The zero-order chi connectivity index (χ0) is 11.3. The molecular formula is C10H22N4O. The lowest BCUT2D eigenvalue weighted by Gasteiger charge is -2.34. The SMILES string of the molecule is CCNC(=O)C(C)NN1CCN(C)CC1. The number of carbonyl (C=O) groups is 1. The topological polar surface area (TPSA) is 47.6 Å². The van der Waals surface area contributed by atoms with Gasteiger partial charge < -0.3 is 10.2 Å². The molecule has 15 heavy (non-hydrogen) atoms. The zero-order valence-corrected chi connectivity index (χ0v) is 9.92. The first-order chi connectivity index (χ1) is 7.13. The van der Waals surface area contributed by atoms with Gasteiger partial charge in [-0.3, -0.25) is 4.79 Å². The Hall–Kier alpha value is -0.650. The van der Waals surface area contributed by atoms with Gasteiger partial charge in [0, 0.05) is 32.7 Å². The molecule has 1 unspecified atom stereocenters. The van der Waals surface area contributed by atoms with Gasteiger partial charge in [-0.1, -0.05) is 0 Å². The molecule has 1 heterocycles. The normalized spacial score (nSPS) is 21.3. The molecule has 1 fully saturated rings. The average molecular weight is 214 g/mol. The first-order valence-electron chi connectivity index (χ1n) is 5.61. The molecule has 1 aliphatic rings. The average Bonchev–Trinajstić information content (AvgIpc) is 2.22. The predicted molar refractivity (Wildman–Crippen MR) is 60.4 cm³/mol. The lowest BCUT2D eigenvalue weighted by Crippen LogP contribution is -2.56. The quantitative estimate of drug-likeness (QED) is 0.647. The van der Waals surface area contributed by atoms with Gasteiger partial charge >= 0.3 is 0 Å². The van der Waals surface area contributed by atoms with Crippen molar-refractivity contribution in [2.75, 3.05) is 39.8 Å². The molecule has 5 nitrogen and oxygen atoms in total. The summed E-state index contributed by atoms with van der Waals surface area (Å²) in [5.41, 5.74) is 3.22. The second-order valence-corrected chi connectivity index (χ2v) is 4.04. The van der Waals surface area contributed by atoms with E-state index in [-0.39, 0.29) is 11.9 Å². The van der Waals surface area contributed by atoms with Crippen LogP contribution in [0.1, 0.15) is 13.8 Å². The number of piperazine rings is 1. The van der Waals surface area contributed by atoms with Gasteiger partial charge in [0.2, 0.25) is 5.91 Å². The van der Waals surface area contributed by atoms with E-state index in [0.29, 0.717) is 6.54 Å². The van der Waals surface area contributed by atoms with E-state index in [0.717, 1.165) is 26.2 Å². The maximum absolute atomic E-state index is 11.5. The molecule has 0 saturated carbocycles. The highest BCUT2D eigenvalue weighted by molar-refractivity contribution is 5.81. The number of nitrogens with one attached hydrogen (secondary N) is 2. The van der Waals surface area contributed by atoms with E-state index in [9.17, 15) is 4.79 Å². The van der Waals surface area contributed by atoms with Gasteiger partial charge in [0.15, 0.2) is 0 Å². The fourth-order valence-corrected chi connectivity index (χ4v) is 1.60. The van der Waals surface area contributed by atoms with Crippen molar-refractivity contribution in [3.05, 3.63) is 0 Å². The van der Waals surface area contributed by atoms with E-state index < -0.39 is 0 Å². The highest BCUT2D eigenvalue weighted by Crippen LogP contribution is 1.96. The first-order valence-corrected chi connectivity index (χ1v) is 5.61. The summed E-state index contributed by atoms with van der Waals surface area (Å²) in [7, 11) is 2.12. The summed E-state index contributed by atoms with van der Waals surface area (Å²) in [6.07, 6.45) is 0. The van der Waals surface area contributed by atoms with Crippen molar-refractivity contribution in [1.82, 2.24) is 20.7 Å². The van der Waals surface area contributed by atoms with Crippen LogP contribution in [0.4, 0.5) is 0 Å². The van der Waals surface area contributed by atoms with Crippen LogP contribution in [0.25, 0.3) is 0 Å². The molecule has 0 aliphatic carbocycles. The third-order valence-corrected chi connectivity index (χ3v) is 2.62. The smallest absolute Gasteiger partial charge is 0.238 e. The van der Waals surface area contributed by atoms with Gasteiger partial charge in [0.25, 0.3) is 0 Å². The fraction of sp³-hybridized carbons (Fsp3) is 0.900. The minimum atomic E-state index is -0.145. The Morgan fingerprint density at radius 3 is 2.47 bits per heavy atom. The number of amides is 1. The van der Waals surface area contributed by atoms with Gasteiger partial charge in [0.05, 0.1) is 6.04 Å². The van der Waals surface area contributed by atoms with Crippen LogP contribution >= 0.6 is 0 Å². The second-order valence-electron chi connectivity index (χ2n) is 4.04. The van der Waals surface area contributed by atoms with Crippen LogP contribution in [0.3, 0.4) is 0 Å². The highest BCUT2D eigenvalue weighted by atomic mass is 16.2. The van der Waals surface area contributed by atoms with Crippen molar-refractivity contribution in [3.63, 3.8) is 0 Å². The summed E-state index contributed by atoms with van der Waals surface area (Å²) < 4.78 is 0. The van der Waals surface area contributed by atoms with E-state index >= 15 is 0 Å². The third-order valence-electron chi connectivity index (χ3n) is 2.62. The van der Waals surface area contributed by atoms with E-state index in [1.165, 1.54) is 0 Å². The number of hydrogen-bond donors (Lipinski definition) is 2. The maximum Gasteiger partial charge on any atom is 0.238 e. The summed E-state index contributed by atoms with van der Waals surface area (Å²) in [5, 5.41) is 4.93. The molecular weight excluding hydrogens is 192 g/mol. The van der Waals surface area contributed by atoms with E-state index in [1.807, 2.05) is 13.8 Å². The molecule has 0 aromatic rings. The number of rotatable bonds is 4. The van der Waals surface area contributed by atoms with Gasteiger partial charge in [-0.15, -0.1) is 0 Å². The standard InChI is InChI=1S/C10H22N4O/c1-4-11-10(15)9(2)12-14-7-5-13(3)6-8-14/h9,12H,4-8H2,1-3H3,(H,11,15). The second kappa shape index (κ2) is 6.05. The molecule has 2 N–H and O–H groups in total. The van der Waals surface area contributed by atoms with Crippen LogP contribution in [-0.2, 0) is 4.79 Å². The molecule has 1 rings (SSSR count). The summed E-state index contributed by atoms with van der Waals surface area (Å²) in [4.78, 5) is 13.8. The summed E-state index contributed by atoms with van der Waals surface area (Å²) >= 11 is 0. The van der Waals surface area contributed by atoms with Crippen molar-refractivity contribution < 1.29 is 4.79 Å². The Morgan fingerprint density at radius 2 is 1.93 bits per heavy atom. The summed E-state index contributed by atoms with van der Waals surface area (Å²) in [5.74, 6) is 0.0661. The Morgan fingerprint density at radius 1 is 1.33 bits per heavy atom. The molecule has 0 radical (unpaired) electrons. The van der Waals surface area contributed by atoms with Crippen LogP contribution in [0.5, 0.6) is 0 Å². The molecule has 0 spiro atoms. The minimum absolute atomic E-state index is 0.0661. The van der Waals surface area contributed by atoms with Gasteiger partial charge in [-0.2, -0.15) is 0 Å². The van der Waals surface area contributed by atoms with Gasteiger partial charge in [-0.25, -0.2) is 10.4 Å². The monoisotopic (exact) mass is 214 g/mol. The number of carbonyl (C=O) groups excluding carboxylic acids is 1. The summed E-state index contributed by atoms with van der Waals surface area (Å²) in [6.45, 7) is 8.56. The lowest BCUT2D eigenvalue weighted by molar-refractivity contribution is -0.124. The Bertz CT molecular complexity index is 202. The van der Waals surface area contributed by atoms with Crippen LogP contribution < -0.4 is 10.7 Å². The largest absolute Gasteiger partial charge is 0.355 e. The molecule has 0 bridgehead atoms. The van der Waals surface area contributed by atoms with Crippen molar-refractivity contribution in [2.24, 2.45) is 0 Å². The lowest BCUT2D eigenvalue weighted by atomic mass is 10.3. The predicted octanol–water partition coefficient (Wildman–Crippen LogP) is -0.737. The van der Waals surface area contributed by atoms with Crippen molar-refractivity contribution >= 4 is 5.91 Å². The molecule has 1 atom stereocenters. The van der Waals surface area contributed by atoms with Crippen molar-refractivity contribution in [2.45, 2.75) is 19.9 Å². The summed E-state index contributed by atoms with van der Waals surface area (Å²) in [6, 6.07) is -0.145. The zero-order valence-electron chi connectivity index (χ0n) is 9.92. The van der Waals surface area contributed by atoms with Crippen LogP contribution in [-0.4, -0.2) is 61.6 Å². The first kappa shape index (κ1) is 12.4. The number of hydrazine groups is 1. The Balaban J connectivity index is 2.25. The number of likely N-dealkylation sites (N-methyl/N-ethyl adjacent to an activating group) is 2. The molecule has 1 saturated heterocycles. The van der Waals surface area contributed by atoms with E-state index in [2.05, 4.69) is 27.7 Å². The van der Waals surface area contributed by atoms with Gasteiger partial charge in [-0.05, 0) is 20.9 Å². The number of hydrogen-bond acceptors (Lipinski definition) is 4. The number of nitrogens with zero attached hydrogens (tertiary/aromatic N) is 2. The van der Waals surface area contributed by atoms with Crippen LogP contribution in [0.2, 0.25) is 0 Å². The fourth-order valence-electron chi connectivity index (χ4n) is 1.60. The van der Waals surface area contributed by atoms with E-state index in [4.69, 9.17) is 0 Å². The molecule has 0 aromatic heterocycles. The molecule has 88 valence electrons. The Labute approximate surface area is 91.8 Å². The minimum Gasteiger partial charge on any atom is -0.355 e. The van der Waals surface area contributed by atoms with Crippen LogP contribution in [0, 0.1) is 0 Å². The molecule has 0 aromatic carbocycles. The van der Waals surface area contributed by atoms with E-state index in [1.54, 1.807) is 0 Å². The molecule has 1 aliphatic heterocycles. The maximum atomic E-state index is 11.5. The highest BCUT2D eigenvalue weighted by Gasteiger charge is 2.18. The van der Waals surface area contributed by atoms with Crippen molar-refractivity contribution in [1.29, 1.82) is 0 Å². The Kier molecular flexibility index (Phi) is 5.01. The molecule has 5 heteroatoms. The third kappa shape index (κ3) is 4.15.